The van der Waals surface area contributed by atoms with E-state index in [1.165, 1.54) is 5.56 Å². The van der Waals surface area contributed by atoms with Crippen molar-refractivity contribution < 1.29 is 9.52 Å². The van der Waals surface area contributed by atoms with Gasteiger partial charge in [0.2, 0.25) is 0 Å². The van der Waals surface area contributed by atoms with Gasteiger partial charge in [-0.1, -0.05) is 24.3 Å². The van der Waals surface area contributed by atoms with Gasteiger partial charge in [-0.05, 0) is 32.4 Å². The molecule has 0 aliphatic rings. The molecule has 0 unspecified atom stereocenters. The van der Waals surface area contributed by atoms with Crippen LogP contribution in [0.3, 0.4) is 0 Å². The van der Waals surface area contributed by atoms with Crippen molar-refractivity contribution in [1.29, 1.82) is 0 Å². The van der Waals surface area contributed by atoms with Gasteiger partial charge >= 0.3 is 0 Å². The summed E-state index contributed by atoms with van der Waals surface area (Å²) < 4.78 is 7.38. The average Bonchev–Trinajstić information content (AvgIpc) is 3.09. The lowest BCUT2D eigenvalue weighted by Crippen LogP contribution is -2.10. The number of hydrogen-bond acceptors (Lipinski definition) is 4. The van der Waals surface area contributed by atoms with Gasteiger partial charge in [0.25, 0.3) is 0 Å². The van der Waals surface area contributed by atoms with Gasteiger partial charge in [0, 0.05) is 23.7 Å². The molecular weight excluding hydrogens is 302 g/mol. The van der Waals surface area contributed by atoms with Crippen molar-refractivity contribution in [3.8, 4) is 11.3 Å². The molecule has 0 fully saturated rings. The van der Waals surface area contributed by atoms with E-state index in [-0.39, 0.29) is 6.61 Å². The molecule has 0 bridgehead atoms. The summed E-state index contributed by atoms with van der Waals surface area (Å²) in [5.41, 5.74) is 4.32. The Morgan fingerprint density at radius 2 is 1.96 bits per heavy atom. The molecule has 0 amide bonds. The number of aryl methyl sites for hydroxylation is 3. The third kappa shape index (κ3) is 3.36. The van der Waals surface area contributed by atoms with Gasteiger partial charge in [-0.15, -0.1) is 0 Å². The van der Waals surface area contributed by atoms with Crippen molar-refractivity contribution in [2.75, 3.05) is 11.9 Å². The maximum absolute atomic E-state index is 9.31. The highest BCUT2D eigenvalue weighted by molar-refractivity contribution is 5.66. The summed E-state index contributed by atoms with van der Waals surface area (Å²) in [4.78, 5) is 0. The molecule has 0 saturated carbocycles. The summed E-state index contributed by atoms with van der Waals surface area (Å²) in [5.74, 6) is 2.72. The maximum Gasteiger partial charge on any atom is 0.125 e. The molecule has 0 atom stereocenters. The highest BCUT2D eigenvalue weighted by atomic mass is 16.3. The lowest BCUT2D eigenvalue weighted by molar-refractivity contribution is 0.270. The third-order valence-electron chi connectivity index (χ3n) is 4.12. The van der Waals surface area contributed by atoms with Crippen LogP contribution in [0.2, 0.25) is 0 Å². The molecule has 24 heavy (non-hydrogen) atoms. The van der Waals surface area contributed by atoms with Gasteiger partial charge in [-0.3, -0.25) is 0 Å². The zero-order chi connectivity index (χ0) is 17.1. The second kappa shape index (κ2) is 6.93. The predicted molar refractivity (Wildman–Crippen MR) is 95.0 cm³/mol. The number of aliphatic hydroxyl groups is 1. The summed E-state index contributed by atoms with van der Waals surface area (Å²) >= 11 is 0. The monoisotopic (exact) mass is 325 g/mol. The van der Waals surface area contributed by atoms with Crippen LogP contribution in [0.25, 0.3) is 11.3 Å². The van der Waals surface area contributed by atoms with Gasteiger partial charge in [-0.2, -0.15) is 5.10 Å². The number of furan rings is 1. The fourth-order valence-electron chi connectivity index (χ4n) is 2.86. The molecule has 2 N–H and O–H groups in total. The van der Waals surface area contributed by atoms with E-state index in [1.54, 1.807) is 0 Å². The Hall–Kier alpha value is -2.53. The lowest BCUT2D eigenvalue weighted by Gasteiger charge is -2.07. The van der Waals surface area contributed by atoms with Crippen LogP contribution in [0.5, 0.6) is 0 Å². The highest BCUT2D eigenvalue weighted by Crippen LogP contribution is 2.25. The number of nitrogens with one attached hydrogen (secondary N) is 1. The van der Waals surface area contributed by atoms with E-state index in [0.717, 1.165) is 34.2 Å². The SMILES string of the molecule is Cc1cc(CNc2cc(-c3ccccc3C)nn2CCO)c(C)o1. The van der Waals surface area contributed by atoms with Gasteiger partial charge in [-0.25, -0.2) is 4.68 Å². The summed E-state index contributed by atoms with van der Waals surface area (Å²) in [5, 5.41) is 17.4. The van der Waals surface area contributed by atoms with Gasteiger partial charge < -0.3 is 14.8 Å². The quantitative estimate of drug-likeness (QED) is 0.726. The summed E-state index contributed by atoms with van der Waals surface area (Å²) in [6, 6.07) is 12.2. The molecule has 0 aliphatic carbocycles. The molecule has 2 aromatic heterocycles. The zero-order valence-corrected chi connectivity index (χ0v) is 14.3. The van der Waals surface area contributed by atoms with Gasteiger partial charge in [0.1, 0.15) is 17.3 Å². The summed E-state index contributed by atoms with van der Waals surface area (Å²) in [7, 11) is 0. The zero-order valence-electron chi connectivity index (χ0n) is 14.3. The smallest absolute Gasteiger partial charge is 0.125 e. The Labute approximate surface area is 141 Å². The highest BCUT2D eigenvalue weighted by Gasteiger charge is 2.12. The van der Waals surface area contributed by atoms with Gasteiger partial charge in [0.05, 0.1) is 18.8 Å². The Bertz CT molecular complexity index is 833. The van der Waals surface area contributed by atoms with Crippen molar-refractivity contribution in [1.82, 2.24) is 9.78 Å². The number of aliphatic hydroxyl groups excluding tert-OH is 1. The van der Waals surface area contributed by atoms with Crippen LogP contribution in [-0.4, -0.2) is 21.5 Å². The third-order valence-corrected chi connectivity index (χ3v) is 4.12. The van der Waals surface area contributed by atoms with Crippen LogP contribution in [0, 0.1) is 20.8 Å². The molecule has 5 heteroatoms. The van der Waals surface area contributed by atoms with Gasteiger partial charge in [0.15, 0.2) is 0 Å². The summed E-state index contributed by atoms with van der Waals surface area (Å²) in [6.07, 6.45) is 0. The van der Waals surface area contributed by atoms with E-state index in [1.807, 2.05) is 42.8 Å². The number of nitrogens with zero attached hydrogens (tertiary/aromatic N) is 2. The molecule has 0 saturated heterocycles. The Kier molecular flexibility index (Phi) is 4.71. The molecular formula is C19H23N3O2. The topological polar surface area (TPSA) is 63.2 Å². The number of hydrogen-bond donors (Lipinski definition) is 2. The standard InChI is InChI=1S/C19H23N3O2/c1-13-6-4-5-7-17(13)18-11-19(22(21-18)8-9-23)20-12-16-10-14(2)24-15(16)3/h4-7,10-11,20,23H,8-9,12H2,1-3H3. The minimum Gasteiger partial charge on any atom is -0.466 e. The van der Waals surface area contributed by atoms with Crippen molar-refractivity contribution in [2.45, 2.75) is 33.9 Å². The average molecular weight is 325 g/mol. The molecule has 2 heterocycles. The molecule has 1 aromatic carbocycles. The van der Waals surface area contributed by atoms with Crippen LogP contribution in [0.1, 0.15) is 22.6 Å². The van der Waals surface area contributed by atoms with Crippen LogP contribution in [0.4, 0.5) is 5.82 Å². The fourth-order valence-corrected chi connectivity index (χ4v) is 2.86. The Morgan fingerprint density at radius 1 is 1.17 bits per heavy atom. The van der Waals surface area contributed by atoms with Crippen LogP contribution >= 0.6 is 0 Å². The Balaban J connectivity index is 1.86. The normalized spacial score (nSPS) is 11.0. The van der Waals surface area contributed by atoms with E-state index in [4.69, 9.17) is 4.42 Å². The van der Waals surface area contributed by atoms with Crippen LogP contribution < -0.4 is 5.32 Å². The molecule has 3 rings (SSSR count). The largest absolute Gasteiger partial charge is 0.466 e. The second-order valence-corrected chi connectivity index (χ2v) is 5.97. The molecule has 126 valence electrons. The summed E-state index contributed by atoms with van der Waals surface area (Å²) in [6.45, 7) is 7.15. The van der Waals surface area contributed by atoms with E-state index >= 15 is 0 Å². The van der Waals surface area contributed by atoms with Crippen molar-refractivity contribution in [3.05, 3.63) is 59.0 Å². The molecule has 0 spiro atoms. The van der Waals surface area contributed by atoms with E-state index in [2.05, 4.69) is 29.5 Å². The van der Waals surface area contributed by atoms with E-state index < -0.39 is 0 Å². The number of aromatic nitrogens is 2. The fraction of sp³-hybridized carbons (Fsp3) is 0.316. The van der Waals surface area contributed by atoms with Crippen molar-refractivity contribution >= 4 is 5.82 Å². The number of benzene rings is 1. The van der Waals surface area contributed by atoms with Crippen molar-refractivity contribution in [3.63, 3.8) is 0 Å². The molecule has 3 aromatic rings. The molecule has 5 nitrogen and oxygen atoms in total. The minimum atomic E-state index is 0.0490. The van der Waals surface area contributed by atoms with Crippen LogP contribution in [0.15, 0.2) is 40.8 Å². The maximum atomic E-state index is 9.31. The minimum absolute atomic E-state index is 0.0490. The van der Waals surface area contributed by atoms with E-state index in [9.17, 15) is 5.11 Å². The predicted octanol–water partition coefficient (Wildman–Crippen LogP) is 3.67. The van der Waals surface area contributed by atoms with Crippen LogP contribution in [-0.2, 0) is 13.1 Å². The van der Waals surface area contributed by atoms with E-state index in [0.29, 0.717) is 13.1 Å². The first-order valence-corrected chi connectivity index (χ1v) is 8.13. The number of anilines is 1. The first-order chi connectivity index (χ1) is 11.6. The van der Waals surface area contributed by atoms with Crippen molar-refractivity contribution in [2.24, 2.45) is 0 Å². The first-order valence-electron chi connectivity index (χ1n) is 8.13. The molecule has 0 radical (unpaired) electrons. The lowest BCUT2D eigenvalue weighted by atomic mass is 10.1. The first kappa shape index (κ1) is 16.3. The second-order valence-electron chi connectivity index (χ2n) is 5.97. The molecule has 0 aliphatic heterocycles. The number of rotatable bonds is 6. The Morgan fingerprint density at radius 3 is 2.62 bits per heavy atom.